The summed E-state index contributed by atoms with van der Waals surface area (Å²) in [5.74, 6) is 4.21. The minimum atomic E-state index is -0.230. The molecule has 3 rings (SSSR count). The highest BCUT2D eigenvalue weighted by molar-refractivity contribution is 9.10. The Hall–Kier alpha value is -3.37. The van der Waals surface area contributed by atoms with Crippen LogP contribution in [0.1, 0.15) is 43.6 Å². The number of terminal acetylenes is 1. The van der Waals surface area contributed by atoms with E-state index in [1.807, 2.05) is 45.0 Å². The van der Waals surface area contributed by atoms with Crippen molar-refractivity contribution in [2.45, 2.75) is 33.1 Å². The van der Waals surface area contributed by atoms with Gasteiger partial charge in [0.15, 0.2) is 11.5 Å². The summed E-state index contributed by atoms with van der Waals surface area (Å²) in [7, 11) is 0. The molecule has 0 amide bonds. The smallest absolute Gasteiger partial charge is 0.282 e. The van der Waals surface area contributed by atoms with E-state index in [9.17, 15) is 4.79 Å². The van der Waals surface area contributed by atoms with Gasteiger partial charge in [-0.1, -0.05) is 41.8 Å². The molecule has 0 N–H and O–H groups in total. The average Bonchev–Trinajstić information content (AvgIpc) is 2.78. The number of ether oxygens (including phenoxy) is 2. The molecule has 1 aromatic heterocycles. The Labute approximate surface area is 202 Å². The van der Waals surface area contributed by atoms with Gasteiger partial charge in [-0.2, -0.15) is 9.78 Å². The molecule has 0 fully saturated rings. The van der Waals surface area contributed by atoms with E-state index < -0.39 is 0 Å². The fourth-order valence-electron chi connectivity index (χ4n) is 3.38. The van der Waals surface area contributed by atoms with E-state index in [4.69, 9.17) is 15.9 Å². The summed E-state index contributed by atoms with van der Waals surface area (Å²) in [4.78, 5) is 17.9. The van der Waals surface area contributed by atoms with Crippen LogP contribution in [0.3, 0.4) is 0 Å². The van der Waals surface area contributed by atoms with Crippen LogP contribution < -0.4 is 15.0 Å². The topological polar surface area (TPSA) is 65.7 Å². The van der Waals surface area contributed by atoms with E-state index >= 15 is 0 Å². The van der Waals surface area contributed by atoms with Gasteiger partial charge in [0.2, 0.25) is 0 Å². The van der Waals surface area contributed by atoms with Gasteiger partial charge in [0.1, 0.15) is 12.4 Å². The van der Waals surface area contributed by atoms with Crippen LogP contribution in [0, 0.1) is 12.3 Å². The third-order valence-electron chi connectivity index (χ3n) is 4.79. The van der Waals surface area contributed by atoms with Crippen LogP contribution in [-0.2, 0) is 6.42 Å². The molecule has 7 heteroatoms. The Morgan fingerprint density at radius 1 is 1.30 bits per heavy atom. The molecular weight excluding hydrogens is 482 g/mol. The van der Waals surface area contributed by atoms with Gasteiger partial charge in [-0.05, 0) is 49.2 Å². The molecule has 0 aliphatic carbocycles. The highest BCUT2D eigenvalue weighted by Crippen LogP contribution is 2.33. The first-order valence-corrected chi connectivity index (χ1v) is 11.4. The highest BCUT2D eigenvalue weighted by atomic mass is 79.9. The lowest BCUT2D eigenvalue weighted by atomic mass is 10.1. The first kappa shape index (κ1) is 24.3. The molecule has 33 heavy (non-hydrogen) atoms. The minimum absolute atomic E-state index is 0.00209. The number of allylic oxidation sites excluding steroid dienone is 1. The molecule has 3 aromatic rings. The average molecular weight is 508 g/mol. The molecular formula is C26H26BrN3O3. The van der Waals surface area contributed by atoms with Crippen molar-refractivity contribution >= 4 is 33.0 Å². The molecule has 0 saturated carbocycles. The third kappa shape index (κ3) is 5.52. The van der Waals surface area contributed by atoms with E-state index in [-0.39, 0.29) is 18.1 Å². The number of aromatic nitrogens is 2. The summed E-state index contributed by atoms with van der Waals surface area (Å²) < 4.78 is 13.7. The molecule has 0 radical (unpaired) electrons. The van der Waals surface area contributed by atoms with Gasteiger partial charge in [-0.25, -0.2) is 4.98 Å². The molecule has 0 aliphatic rings. The predicted molar refractivity (Wildman–Crippen MR) is 137 cm³/mol. The van der Waals surface area contributed by atoms with E-state index in [1.54, 1.807) is 18.4 Å². The Bertz CT molecular complexity index is 1300. The van der Waals surface area contributed by atoms with Crippen molar-refractivity contribution in [2.24, 2.45) is 5.10 Å². The summed E-state index contributed by atoms with van der Waals surface area (Å²) >= 11 is 3.42. The maximum atomic E-state index is 13.3. The van der Waals surface area contributed by atoms with Crippen LogP contribution in [0.25, 0.3) is 10.9 Å². The summed E-state index contributed by atoms with van der Waals surface area (Å²) in [5, 5.41) is 5.01. The van der Waals surface area contributed by atoms with Crippen LogP contribution in [-0.4, -0.2) is 29.1 Å². The maximum absolute atomic E-state index is 13.3. The van der Waals surface area contributed by atoms with Crippen LogP contribution in [0.15, 0.2) is 57.4 Å². The minimum Gasteiger partial charge on any atom is -0.490 e. The largest absolute Gasteiger partial charge is 0.490 e. The maximum Gasteiger partial charge on any atom is 0.282 e. The fourth-order valence-corrected chi connectivity index (χ4v) is 3.74. The molecule has 6 nitrogen and oxygen atoms in total. The fraction of sp³-hybridized carbons (Fsp3) is 0.269. The number of benzene rings is 2. The number of rotatable bonds is 9. The van der Waals surface area contributed by atoms with Crippen molar-refractivity contribution in [1.82, 2.24) is 9.66 Å². The van der Waals surface area contributed by atoms with Crippen molar-refractivity contribution in [3.8, 4) is 23.8 Å². The second-order valence-corrected chi connectivity index (χ2v) is 8.49. The van der Waals surface area contributed by atoms with Crippen LogP contribution in [0.2, 0.25) is 0 Å². The molecule has 1 heterocycles. The molecule has 0 atom stereocenters. The van der Waals surface area contributed by atoms with Gasteiger partial charge >= 0.3 is 0 Å². The van der Waals surface area contributed by atoms with Crippen molar-refractivity contribution in [1.29, 1.82) is 0 Å². The number of halogens is 1. The van der Waals surface area contributed by atoms with E-state index in [0.717, 1.165) is 15.6 Å². The van der Waals surface area contributed by atoms with E-state index in [1.165, 1.54) is 4.68 Å². The van der Waals surface area contributed by atoms with E-state index in [0.29, 0.717) is 41.3 Å². The van der Waals surface area contributed by atoms with Gasteiger partial charge in [0, 0.05) is 16.0 Å². The van der Waals surface area contributed by atoms with Gasteiger partial charge in [0.25, 0.3) is 5.56 Å². The number of hydrogen-bond donors (Lipinski definition) is 0. The monoisotopic (exact) mass is 507 g/mol. The second kappa shape index (κ2) is 11.0. The van der Waals surface area contributed by atoms with Crippen molar-refractivity contribution in [2.75, 3.05) is 13.2 Å². The predicted octanol–water partition coefficient (Wildman–Crippen LogP) is 5.30. The normalized spacial score (nSPS) is 11.2. The highest BCUT2D eigenvalue weighted by Gasteiger charge is 2.15. The Kier molecular flexibility index (Phi) is 8.07. The summed E-state index contributed by atoms with van der Waals surface area (Å²) in [5.41, 5.74) is 2.02. The number of nitrogens with zero attached hydrogens (tertiary/aromatic N) is 3. The zero-order chi connectivity index (χ0) is 24.0. The standard InChI is InChI=1S/C26H26BrN3O3/c1-6-9-19-13-18(14-23(32-8-3)24(19)33-12-7-2)16-28-30-25(17(4)5)29-22-11-10-20(27)15-21(22)26(30)31/h2,6,10-11,13-17H,1,8-9,12H2,3-5H3. The first-order chi connectivity index (χ1) is 15.9. The van der Waals surface area contributed by atoms with Crippen molar-refractivity contribution in [3.63, 3.8) is 0 Å². The lowest BCUT2D eigenvalue weighted by Gasteiger charge is -2.15. The molecule has 0 unspecified atom stereocenters. The van der Waals surface area contributed by atoms with Crippen LogP contribution >= 0.6 is 15.9 Å². The van der Waals surface area contributed by atoms with Gasteiger partial charge in [-0.15, -0.1) is 13.0 Å². The van der Waals surface area contributed by atoms with Crippen LogP contribution in [0.4, 0.5) is 0 Å². The Morgan fingerprint density at radius 3 is 2.76 bits per heavy atom. The Morgan fingerprint density at radius 2 is 2.09 bits per heavy atom. The zero-order valence-corrected chi connectivity index (χ0v) is 20.6. The third-order valence-corrected chi connectivity index (χ3v) is 5.28. The summed E-state index contributed by atoms with van der Waals surface area (Å²) in [6, 6.07) is 9.19. The van der Waals surface area contributed by atoms with Crippen molar-refractivity contribution < 1.29 is 9.47 Å². The molecule has 170 valence electrons. The van der Waals surface area contributed by atoms with Gasteiger partial charge < -0.3 is 9.47 Å². The SMILES string of the molecule is C#CCOc1c(CC=C)cc(C=Nn2c(C(C)C)nc3ccc(Br)cc3c2=O)cc1OCC. The van der Waals surface area contributed by atoms with Gasteiger partial charge in [-0.3, -0.25) is 4.79 Å². The second-order valence-electron chi connectivity index (χ2n) is 7.57. The quantitative estimate of drug-likeness (QED) is 0.224. The molecule has 0 saturated heterocycles. The molecule has 0 bridgehead atoms. The molecule has 0 aliphatic heterocycles. The number of fused-ring (bicyclic) bond motifs is 1. The van der Waals surface area contributed by atoms with E-state index in [2.05, 4.69) is 38.5 Å². The number of hydrogen-bond acceptors (Lipinski definition) is 5. The lowest BCUT2D eigenvalue weighted by Crippen LogP contribution is -2.23. The first-order valence-electron chi connectivity index (χ1n) is 10.6. The van der Waals surface area contributed by atoms with Gasteiger partial charge in [0.05, 0.1) is 23.7 Å². The Balaban J connectivity index is 2.15. The van der Waals surface area contributed by atoms with Crippen LogP contribution in [0.5, 0.6) is 11.5 Å². The van der Waals surface area contributed by atoms with Crippen molar-refractivity contribution in [3.05, 3.63) is 74.8 Å². The molecule has 2 aromatic carbocycles. The zero-order valence-electron chi connectivity index (χ0n) is 19.0. The molecule has 0 spiro atoms. The lowest BCUT2D eigenvalue weighted by molar-refractivity contribution is 0.297. The summed E-state index contributed by atoms with van der Waals surface area (Å²) in [6.07, 6.45) is 9.33. The summed E-state index contributed by atoms with van der Waals surface area (Å²) in [6.45, 7) is 10.3.